The molecular formula is C14H17N5O2S. The predicted molar refractivity (Wildman–Crippen MR) is 86.3 cm³/mol. The molecule has 1 heterocycles. The van der Waals surface area contributed by atoms with Crippen molar-refractivity contribution in [2.45, 2.75) is 12.1 Å². The number of nitrogens with zero attached hydrogens (tertiary/aromatic N) is 3. The molecule has 0 radical (unpaired) electrons. The summed E-state index contributed by atoms with van der Waals surface area (Å²) in [5.41, 5.74) is 0.759. The van der Waals surface area contributed by atoms with E-state index in [-0.39, 0.29) is 17.7 Å². The molecule has 22 heavy (non-hydrogen) atoms. The van der Waals surface area contributed by atoms with E-state index in [9.17, 15) is 4.79 Å². The highest BCUT2D eigenvalue weighted by molar-refractivity contribution is 7.99. The van der Waals surface area contributed by atoms with Gasteiger partial charge in [-0.1, -0.05) is 30.0 Å². The summed E-state index contributed by atoms with van der Waals surface area (Å²) in [7, 11) is 1.49. The molecule has 8 heteroatoms. The minimum Gasteiger partial charge on any atom is -0.467 e. The summed E-state index contributed by atoms with van der Waals surface area (Å²) in [5.74, 6) is 0.508. The third-order valence-corrected chi connectivity index (χ3v) is 3.35. The Morgan fingerprint density at radius 2 is 2.00 bits per heavy atom. The van der Waals surface area contributed by atoms with Crippen molar-refractivity contribution in [1.29, 1.82) is 0 Å². The zero-order valence-electron chi connectivity index (χ0n) is 12.4. The first-order valence-corrected chi connectivity index (χ1v) is 7.71. The molecular weight excluding hydrogens is 302 g/mol. The van der Waals surface area contributed by atoms with Gasteiger partial charge in [-0.2, -0.15) is 15.0 Å². The number of nitrogens with one attached hydrogen (secondary N) is 2. The fraction of sp³-hybridized carbons (Fsp3) is 0.286. The zero-order chi connectivity index (χ0) is 15.8. The van der Waals surface area contributed by atoms with Crippen LogP contribution in [-0.2, 0) is 4.79 Å². The molecule has 0 aliphatic rings. The average molecular weight is 319 g/mol. The molecule has 0 fully saturated rings. The van der Waals surface area contributed by atoms with E-state index < -0.39 is 0 Å². The van der Waals surface area contributed by atoms with Gasteiger partial charge in [0, 0.05) is 12.2 Å². The lowest BCUT2D eigenvalue weighted by Crippen LogP contribution is -2.14. The fourth-order valence-corrected chi connectivity index (χ4v) is 2.21. The summed E-state index contributed by atoms with van der Waals surface area (Å²) in [4.78, 5) is 24.3. The van der Waals surface area contributed by atoms with Crippen LogP contribution < -0.4 is 15.4 Å². The number of benzene rings is 1. The van der Waals surface area contributed by atoms with Crippen LogP contribution in [0.15, 0.2) is 35.5 Å². The van der Waals surface area contributed by atoms with Gasteiger partial charge in [0.05, 0.1) is 12.9 Å². The van der Waals surface area contributed by atoms with E-state index in [0.717, 1.165) is 5.69 Å². The van der Waals surface area contributed by atoms with E-state index in [4.69, 9.17) is 4.74 Å². The number of ether oxygens (including phenoxy) is 1. The SMILES string of the molecule is CCNc1nc(OC)nc(SCC(=O)Nc2ccccc2)n1. The number of hydrogen-bond acceptors (Lipinski definition) is 7. The fourth-order valence-electron chi connectivity index (χ4n) is 1.58. The Bertz CT molecular complexity index is 624. The van der Waals surface area contributed by atoms with E-state index in [0.29, 0.717) is 17.6 Å². The van der Waals surface area contributed by atoms with Crippen molar-refractivity contribution >= 4 is 29.3 Å². The summed E-state index contributed by atoms with van der Waals surface area (Å²) in [6.07, 6.45) is 0. The third-order valence-electron chi connectivity index (χ3n) is 2.50. The van der Waals surface area contributed by atoms with Crippen molar-refractivity contribution in [2.24, 2.45) is 0 Å². The lowest BCUT2D eigenvalue weighted by atomic mass is 10.3. The van der Waals surface area contributed by atoms with Gasteiger partial charge in [-0.05, 0) is 19.1 Å². The average Bonchev–Trinajstić information content (AvgIpc) is 2.54. The molecule has 0 unspecified atom stereocenters. The quantitative estimate of drug-likeness (QED) is 0.755. The zero-order valence-corrected chi connectivity index (χ0v) is 13.2. The standard InChI is InChI=1S/C14H17N5O2S/c1-3-15-12-17-13(21-2)19-14(18-12)22-9-11(20)16-10-7-5-4-6-8-10/h4-8H,3,9H2,1-2H3,(H,16,20)(H,15,17,18,19). The molecule has 2 rings (SSSR count). The van der Waals surface area contributed by atoms with Gasteiger partial charge in [0.25, 0.3) is 0 Å². The molecule has 0 atom stereocenters. The Kier molecular flexibility index (Phi) is 5.96. The van der Waals surface area contributed by atoms with E-state index >= 15 is 0 Å². The molecule has 7 nitrogen and oxygen atoms in total. The number of thioether (sulfide) groups is 1. The number of para-hydroxylation sites is 1. The summed E-state index contributed by atoms with van der Waals surface area (Å²) in [5, 5.41) is 6.23. The Labute approximate surface area is 132 Å². The highest BCUT2D eigenvalue weighted by Crippen LogP contribution is 2.18. The van der Waals surface area contributed by atoms with Gasteiger partial charge in [-0.25, -0.2) is 0 Å². The Morgan fingerprint density at radius 3 is 2.68 bits per heavy atom. The molecule has 0 saturated heterocycles. The summed E-state index contributed by atoms with van der Waals surface area (Å²) < 4.78 is 5.03. The summed E-state index contributed by atoms with van der Waals surface area (Å²) in [6.45, 7) is 2.63. The van der Waals surface area contributed by atoms with Gasteiger partial charge >= 0.3 is 6.01 Å². The van der Waals surface area contributed by atoms with Crippen LogP contribution in [0.2, 0.25) is 0 Å². The molecule has 1 aromatic heterocycles. The molecule has 1 amide bonds. The number of carbonyl (C=O) groups excluding carboxylic acids is 1. The van der Waals surface area contributed by atoms with Crippen molar-refractivity contribution in [1.82, 2.24) is 15.0 Å². The molecule has 0 aliphatic heterocycles. The number of aromatic nitrogens is 3. The van der Waals surface area contributed by atoms with Crippen LogP contribution in [-0.4, -0.2) is 40.3 Å². The van der Waals surface area contributed by atoms with Gasteiger partial charge < -0.3 is 15.4 Å². The lowest BCUT2D eigenvalue weighted by Gasteiger charge is -2.07. The van der Waals surface area contributed by atoms with Crippen LogP contribution in [0.5, 0.6) is 6.01 Å². The van der Waals surface area contributed by atoms with Crippen molar-refractivity contribution < 1.29 is 9.53 Å². The first-order chi connectivity index (χ1) is 10.7. The van der Waals surface area contributed by atoms with Crippen LogP contribution >= 0.6 is 11.8 Å². The van der Waals surface area contributed by atoms with E-state index in [2.05, 4.69) is 25.6 Å². The monoisotopic (exact) mass is 319 g/mol. The van der Waals surface area contributed by atoms with Crippen LogP contribution in [0.1, 0.15) is 6.92 Å². The van der Waals surface area contributed by atoms with Crippen LogP contribution in [0, 0.1) is 0 Å². The Hall–Kier alpha value is -2.35. The van der Waals surface area contributed by atoms with Crippen molar-refractivity contribution in [3.63, 3.8) is 0 Å². The maximum atomic E-state index is 11.9. The van der Waals surface area contributed by atoms with Crippen LogP contribution in [0.25, 0.3) is 0 Å². The van der Waals surface area contributed by atoms with Crippen LogP contribution in [0.4, 0.5) is 11.6 Å². The van der Waals surface area contributed by atoms with Gasteiger partial charge in [0.15, 0.2) is 5.16 Å². The smallest absolute Gasteiger partial charge is 0.321 e. The number of anilines is 2. The highest BCUT2D eigenvalue weighted by Gasteiger charge is 2.09. The molecule has 0 bridgehead atoms. The van der Waals surface area contributed by atoms with Crippen molar-refractivity contribution in [3.8, 4) is 6.01 Å². The molecule has 2 aromatic rings. The number of hydrogen-bond donors (Lipinski definition) is 2. The highest BCUT2D eigenvalue weighted by atomic mass is 32.2. The number of rotatable bonds is 7. The van der Waals surface area contributed by atoms with Crippen molar-refractivity contribution in [2.75, 3.05) is 30.0 Å². The number of methoxy groups -OCH3 is 1. The molecule has 0 aliphatic carbocycles. The molecule has 2 N–H and O–H groups in total. The minimum atomic E-state index is -0.124. The van der Waals surface area contributed by atoms with E-state index in [1.165, 1.54) is 18.9 Å². The van der Waals surface area contributed by atoms with Gasteiger partial charge in [0.2, 0.25) is 11.9 Å². The van der Waals surface area contributed by atoms with Gasteiger partial charge in [-0.15, -0.1) is 0 Å². The molecule has 1 aromatic carbocycles. The largest absolute Gasteiger partial charge is 0.467 e. The van der Waals surface area contributed by atoms with Crippen LogP contribution in [0.3, 0.4) is 0 Å². The Morgan fingerprint density at radius 1 is 1.23 bits per heavy atom. The minimum absolute atomic E-state index is 0.124. The third kappa shape index (κ3) is 4.88. The summed E-state index contributed by atoms with van der Waals surface area (Å²) >= 11 is 1.22. The summed E-state index contributed by atoms with van der Waals surface area (Å²) in [6, 6.07) is 9.50. The maximum absolute atomic E-state index is 11.9. The maximum Gasteiger partial charge on any atom is 0.321 e. The van der Waals surface area contributed by atoms with E-state index in [1.54, 1.807) is 0 Å². The number of carbonyl (C=O) groups is 1. The van der Waals surface area contributed by atoms with E-state index in [1.807, 2.05) is 37.3 Å². The predicted octanol–water partition coefficient (Wildman–Crippen LogP) is 2.04. The topological polar surface area (TPSA) is 89.0 Å². The Balaban J connectivity index is 1.95. The molecule has 0 spiro atoms. The first kappa shape index (κ1) is 16.0. The molecule has 116 valence electrons. The number of amides is 1. The normalized spacial score (nSPS) is 10.1. The second-order valence-corrected chi connectivity index (χ2v) is 5.10. The first-order valence-electron chi connectivity index (χ1n) is 6.73. The lowest BCUT2D eigenvalue weighted by molar-refractivity contribution is -0.113. The second kappa shape index (κ2) is 8.18. The van der Waals surface area contributed by atoms with Crippen molar-refractivity contribution in [3.05, 3.63) is 30.3 Å². The van der Waals surface area contributed by atoms with Gasteiger partial charge in [-0.3, -0.25) is 4.79 Å². The second-order valence-electron chi connectivity index (χ2n) is 4.16. The molecule has 0 saturated carbocycles. The van der Waals surface area contributed by atoms with Gasteiger partial charge in [0.1, 0.15) is 0 Å².